The smallest absolute Gasteiger partial charge is 0.249 e. The Balaban J connectivity index is 1.34. The van der Waals surface area contributed by atoms with Crippen LogP contribution in [0.4, 0.5) is 0 Å². The average Bonchev–Trinajstić information content (AvgIpc) is 3.35. The molecule has 0 radical (unpaired) electrons. The molecule has 2 aliphatic heterocycles. The maximum Gasteiger partial charge on any atom is 0.249 e. The number of benzene rings is 1. The monoisotopic (exact) mass is 384 g/mol. The molecule has 3 heterocycles. The van der Waals surface area contributed by atoms with Gasteiger partial charge in [-0.15, -0.1) is 0 Å². The van der Waals surface area contributed by atoms with Crippen LogP contribution in [0, 0.1) is 13.8 Å². The Labute approximate surface area is 165 Å². The van der Waals surface area contributed by atoms with E-state index in [0.29, 0.717) is 18.2 Å². The molecule has 0 bridgehead atoms. The van der Waals surface area contributed by atoms with Gasteiger partial charge in [0.2, 0.25) is 11.8 Å². The average molecular weight is 384 g/mol. The van der Waals surface area contributed by atoms with E-state index in [0.717, 1.165) is 50.5 Å². The Morgan fingerprint density at radius 3 is 2.68 bits per heavy atom. The summed E-state index contributed by atoms with van der Waals surface area (Å²) in [6, 6.07) is 4.12. The number of amides is 1. The molecule has 150 valence electrons. The van der Waals surface area contributed by atoms with Crippen LogP contribution in [0.1, 0.15) is 66.0 Å². The Morgan fingerprint density at radius 1 is 1.21 bits per heavy atom. The Bertz CT molecular complexity index is 855. The molecule has 1 aromatic heterocycles. The number of piperidine rings is 1. The van der Waals surface area contributed by atoms with Crippen LogP contribution >= 0.6 is 0 Å². The van der Waals surface area contributed by atoms with E-state index in [1.54, 1.807) is 7.11 Å². The number of aromatic nitrogens is 2. The maximum atomic E-state index is 11.4. The first-order chi connectivity index (χ1) is 13.5. The largest absolute Gasteiger partial charge is 0.496 e. The normalized spacial score (nSPS) is 21.1. The molecule has 4 rings (SSSR count). The lowest BCUT2D eigenvalue weighted by atomic mass is 9.95. The van der Waals surface area contributed by atoms with Gasteiger partial charge in [-0.1, -0.05) is 11.2 Å². The molecular weight excluding hydrogens is 356 g/mol. The van der Waals surface area contributed by atoms with E-state index in [1.165, 1.54) is 16.7 Å². The second kappa shape index (κ2) is 7.91. The molecule has 0 spiro atoms. The zero-order valence-electron chi connectivity index (χ0n) is 16.8. The van der Waals surface area contributed by atoms with E-state index in [9.17, 15) is 4.79 Å². The molecule has 28 heavy (non-hydrogen) atoms. The molecule has 0 saturated carbocycles. The van der Waals surface area contributed by atoms with Crippen LogP contribution in [0.2, 0.25) is 0 Å². The summed E-state index contributed by atoms with van der Waals surface area (Å²) in [6.45, 7) is 7.26. The minimum Gasteiger partial charge on any atom is -0.496 e. The van der Waals surface area contributed by atoms with Gasteiger partial charge >= 0.3 is 0 Å². The predicted octanol–water partition coefficient (Wildman–Crippen LogP) is 3.03. The van der Waals surface area contributed by atoms with Crippen molar-refractivity contribution < 1.29 is 14.1 Å². The van der Waals surface area contributed by atoms with Crippen LogP contribution in [-0.2, 0) is 11.3 Å². The summed E-state index contributed by atoms with van der Waals surface area (Å²) in [5.41, 5.74) is 3.88. The highest BCUT2D eigenvalue weighted by Gasteiger charge is 2.30. The van der Waals surface area contributed by atoms with Gasteiger partial charge in [0.25, 0.3) is 0 Å². The number of likely N-dealkylation sites (tertiary alicyclic amines) is 1. The molecule has 2 aliphatic rings. The van der Waals surface area contributed by atoms with Gasteiger partial charge in [-0.05, 0) is 69.0 Å². The first-order valence-electron chi connectivity index (χ1n) is 10.0. The molecule has 7 heteroatoms. The zero-order chi connectivity index (χ0) is 19.7. The van der Waals surface area contributed by atoms with E-state index in [1.807, 2.05) is 0 Å². The number of nitrogens with one attached hydrogen (secondary N) is 1. The number of hydrogen-bond donors (Lipinski definition) is 1. The van der Waals surface area contributed by atoms with Gasteiger partial charge in [-0.25, -0.2) is 0 Å². The van der Waals surface area contributed by atoms with E-state index in [-0.39, 0.29) is 11.9 Å². The van der Waals surface area contributed by atoms with E-state index in [2.05, 4.69) is 46.3 Å². The number of hydrogen-bond acceptors (Lipinski definition) is 6. The topological polar surface area (TPSA) is 80.5 Å². The van der Waals surface area contributed by atoms with E-state index < -0.39 is 0 Å². The summed E-state index contributed by atoms with van der Waals surface area (Å²) in [7, 11) is 1.72. The first kappa shape index (κ1) is 18.9. The summed E-state index contributed by atoms with van der Waals surface area (Å²) >= 11 is 0. The number of carbonyl (C=O) groups is 1. The van der Waals surface area contributed by atoms with Crippen molar-refractivity contribution in [2.24, 2.45) is 0 Å². The molecule has 2 saturated heterocycles. The fraction of sp³-hybridized carbons (Fsp3) is 0.571. The molecule has 2 fully saturated rings. The van der Waals surface area contributed by atoms with Crippen molar-refractivity contribution in [2.45, 2.75) is 58.0 Å². The standard InChI is InChI=1S/C21H28N4O3/c1-13-14(2)18(27-3)6-4-16(13)12-25-10-8-15(9-11-25)20-23-21(28-24-20)17-5-7-19(26)22-17/h4,6,15,17H,5,7-12H2,1-3H3,(H,22,26)/t17-/m0/s1. The lowest BCUT2D eigenvalue weighted by Gasteiger charge is -2.31. The van der Waals surface area contributed by atoms with Gasteiger partial charge in [-0.3, -0.25) is 9.69 Å². The van der Waals surface area contributed by atoms with Crippen LogP contribution < -0.4 is 10.1 Å². The number of ether oxygens (including phenoxy) is 1. The van der Waals surface area contributed by atoms with Crippen LogP contribution in [0.5, 0.6) is 5.75 Å². The van der Waals surface area contributed by atoms with E-state index >= 15 is 0 Å². The molecule has 1 N–H and O–H groups in total. The number of carbonyl (C=O) groups excluding carboxylic acids is 1. The van der Waals surface area contributed by atoms with Gasteiger partial charge in [0, 0.05) is 18.9 Å². The highest BCUT2D eigenvalue weighted by molar-refractivity contribution is 5.78. The van der Waals surface area contributed by atoms with Crippen molar-refractivity contribution in [1.82, 2.24) is 20.4 Å². The summed E-state index contributed by atoms with van der Waals surface area (Å²) in [6.07, 6.45) is 3.30. The second-order valence-electron chi connectivity index (χ2n) is 7.88. The molecule has 2 aromatic rings. The summed E-state index contributed by atoms with van der Waals surface area (Å²) in [5.74, 6) is 2.66. The van der Waals surface area contributed by atoms with Crippen molar-refractivity contribution in [2.75, 3.05) is 20.2 Å². The Hall–Kier alpha value is -2.41. The molecular formula is C21H28N4O3. The van der Waals surface area contributed by atoms with Crippen LogP contribution in [0.15, 0.2) is 16.7 Å². The maximum absolute atomic E-state index is 11.4. The first-order valence-corrected chi connectivity index (χ1v) is 10.0. The lowest BCUT2D eigenvalue weighted by molar-refractivity contribution is -0.119. The molecule has 1 atom stereocenters. The second-order valence-corrected chi connectivity index (χ2v) is 7.88. The van der Waals surface area contributed by atoms with Crippen LogP contribution in [-0.4, -0.2) is 41.1 Å². The van der Waals surface area contributed by atoms with Crippen molar-refractivity contribution in [3.63, 3.8) is 0 Å². The third-order valence-electron chi connectivity index (χ3n) is 6.17. The van der Waals surface area contributed by atoms with Crippen molar-refractivity contribution >= 4 is 5.91 Å². The summed E-state index contributed by atoms with van der Waals surface area (Å²) < 4.78 is 10.8. The third kappa shape index (κ3) is 3.76. The molecule has 7 nitrogen and oxygen atoms in total. The van der Waals surface area contributed by atoms with Gasteiger partial charge in [0.05, 0.1) is 7.11 Å². The van der Waals surface area contributed by atoms with Gasteiger partial charge in [-0.2, -0.15) is 4.98 Å². The minimum atomic E-state index is -0.116. The van der Waals surface area contributed by atoms with Crippen molar-refractivity contribution in [3.05, 3.63) is 40.5 Å². The molecule has 0 aliphatic carbocycles. The highest BCUT2D eigenvalue weighted by atomic mass is 16.5. The van der Waals surface area contributed by atoms with E-state index in [4.69, 9.17) is 9.26 Å². The summed E-state index contributed by atoms with van der Waals surface area (Å²) in [4.78, 5) is 18.5. The lowest BCUT2D eigenvalue weighted by Crippen LogP contribution is -2.33. The third-order valence-corrected chi connectivity index (χ3v) is 6.17. The fourth-order valence-electron chi connectivity index (χ4n) is 4.19. The van der Waals surface area contributed by atoms with Crippen LogP contribution in [0.25, 0.3) is 0 Å². The molecule has 0 unspecified atom stereocenters. The Morgan fingerprint density at radius 2 is 2.00 bits per heavy atom. The van der Waals surface area contributed by atoms with Crippen molar-refractivity contribution in [3.8, 4) is 5.75 Å². The number of nitrogens with zero attached hydrogens (tertiary/aromatic N) is 3. The van der Waals surface area contributed by atoms with Gasteiger partial charge in [0.15, 0.2) is 5.82 Å². The quantitative estimate of drug-likeness (QED) is 0.853. The Kier molecular flexibility index (Phi) is 5.35. The molecule has 1 amide bonds. The summed E-state index contributed by atoms with van der Waals surface area (Å²) in [5, 5.41) is 7.08. The van der Waals surface area contributed by atoms with Gasteiger partial charge < -0.3 is 14.6 Å². The van der Waals surface area contributed by atoms with Gasteiger partial charge in [0.1, 0.15) is 11.8 Å². The minimum absolute atomic E-state index is 0.0575. The van der Waals surface area contributed by atoms with Crippen LogP contribution in [0.3, 0.4) is 0 Å². The highest BCUT2D eigenvalue weighted by Crippen LogP contribution is 2.30. The SMILES string of the molecule is COc1ccc(CN2CCC(c3noc([C@@H]4CCC(=O)N4)n3)CC2)c(C)c1C. The number of methoxy groups -OCH3 is 1. The fourth-order valence-corrected chi connectivity index (χ4v) is 4.19. The number of rotatable bonds is 5. The zero-order valence-corrected chi connectivity index (χ0v) is 16.8. The van der Waals surface area contributed by atoms with Crippen molar-refractivity contribution in [1.29, 1.82) is 0 Å². The molecule has 1 aromatic carbocycles. The predicted molar refractivity (Wildman–Crippen MR) is 104 cm³/mol.